The maximum atomic E-state index is 11.9. The summed E-state index contributed by atoms with van der Waals surface area (Å²) in [4.78, 5) is 0. The van der Waals surface area contributed by atoms with Gasteiger partial charge in [-0.15, -0.1) is 0 Å². The summed E-state index contributed by atoms with van der Waals surface area (Å²) in [6.07, 6.45) is 4.26. The Morgan fingerprint density at radius 3 is 2.50 bits per heavy atom. The number of nitrogens with two attached hydrogens (primary N) is 1. The van der Waals surface area contributed by atoms with Crippen LogP contribution in [0, 0.1) is 0 Å². The second-order valence-corrected chi connectivity index (χ2v) is 7.01. The minimum absolute atomic E-state index is 0.0521. The van der Waals surface area contributed by atoms with Gasteiger partial charge in [0.25, 0.3) is 0 Å². The summed E-state index contributed by atoms with van der Waals surface area (Å²) in [6.45, 7) is 4.92. The van der Waals surface area contributed by atoms with Crippen LogP contribution >= 0.6 is 0 Å². The molecule has 1 aliphatic rings. The van der Waals surface area contributed by atoms with Crippen molar-refractivity contribution in [2.45, 2.75) is 57.6 Å². The highest BCUT2D eigenvalue weighted by molar-refractivity contribution is 7.89. The van der Waals surface area contributed by atoms with Crippen LogP contribution in [0.15, 0.2) is 0 Å². The molecule has 0 bridgehead atoms. The second kappa shape index (κ2) is 6.84. The molecule has 0 aromatic carbocycles. The van der Waals surface area contributed by atoms with Gasteiger partial charge in [-0.2, -0.15) is 0 Å². The molecule has 1 atom stereocenters. The molecule has 0 saturated carbocycles. The molecule has 0 amide bonds. The standard InChI is InChI=1S/C12H26N2O3S/c1-3-12(13,4-2)10-14-18(15,16)9-11-7-5-6-8-17-11/h11,14H,3-10,13H2,1-2H3. The van der Waals surface area contributed by atoms with Crippen molar-refractivity contribution in [2.75, 3.05) is 18.9 Å². The lowest BCUT2D eigenvalue weighted by Gasteiger charge is -2.28. The largest absolute Gasteiger partial charge is 0.377 e. The van der Waals surface area contributed by atoms with Gasteiger partial charge in [0.05, 0.1) is 11.9 Å². The van der Waals surface area contributed by atoms with Gasteiger partial charge in [0, 0.05) is 18.7 Å². The Labute approximate surface area is 111 Å². The lowest BCUT2D eigenvalue weighted by Crippen LogP contribution is -2.50. The fourth-order valence-electron chi connectivity index (χ4n) is 2.00. The van der Waals surface area contributed by atoms with E-state index in [-0.39, 0.29) is 11.9 Å². The van der Waals surface area contributed by atoms with Crippen LogP contribution in [-0.4, -0.2) is 39.0 Å². The first-order chi connectivity index (χ1) is 8.41. The number of sulfonamides is 1. The summed E-state index contributed by atoms with van der Waals surface area (Å²) in [5, 5.41) is 0. The van der Waals surface area contributed by atoms with Gasteiger partial charge < -0.3 is 10.5 Å². The molecule has 5 nitrogen and oxygen atoms in total. The Bertz CT molecular complexity index is 333. The van der Waals surface area contributed by atoms with Crippen molar-refractivity contribution >= 4 is 10.0 Å². The highest BCUT2D eigenvalue weighted by atomic mass is 32.2. The van der Waals surface area contributed by atoms with Crippen molar-refractivity contribution in [3.63, 3.8) is 0 Å². The zero-order chi connectivity index (χ0) is 13.6. The minimum Gasteiger partial charge on any atom is -0.377 e. The second-order valence-electron chi connectivity index (χ2n) is 5.16. The van der Waals surface area contributed by atoms with Gasteiger partial charge >= 0.3 is 0 Å². The van der Waals surface area contributed by atoms with Crippen LogP contribution in [-0.2, 0) is 14.8 Å². The molecule has 18 heavy (non-hydrogen) atoms. The Morgan fingerprint density at radius 1 is 1.33 bits per heavy atom. The van der Waals surface area contributed by atoms with Crippen molar-refractivity contribution in [3.8, 4) is 0 Å². The maximum absolute atomic E-state index is 11.9. The summed E-state index contributed by atoms with van der Waals surface area (Å²) < 4.78 is 31.9. The fraction of sp³-hybridized carbons (Fsp3) is 1.00. The first-order valence-electron chi connectivity index (χ1n) is 6.78. The quantitative estimate of drug-likeness (QED) is 0.727. The third-order valence-electron chi connectivity index (χ3n) is 3.73. The van der Waals surface area contributed by atoms with Gasteiger partial charge in [-0.3, -0.25) is 0 Å². The zero-order valence-electron chi connectivity index (χ0n) is 11.4. The molecule has 0 radical (unpaired) electrons. The number of nitrogens with one attached hydrogen (secondary N) is 1. The Morgan fingerprint density at radius 2 is 2.00 bits per heavy atom. The van der Waals surface area contributed by atoms with Crippen molar-refractivity contribution in [1.82, 2.24) is 4.72 Å². The third-order valence-corrected chi connectivity index (χ3v) is 5.13. The van der Waals surface area contributed by atoms with Gasteiger partial charge in [-0.1, -0.05) is 13.8 Å². The van der Waals surface area contributed by atoms with Gasteiger partial charge in [-0.05, 0) is 32.1 Å². The molecular formula is C12H26N2O3S. The molecule has 1 unspecified atom stereocenters. The predicted octanol–water partition coefficient (Wildman–Crippen LogP) is 0.992. The molecule has 0 aromatic heterocycles. The van der Waals surface area contributed by atoms with Crippen LogP contribution in [0.2, 0.25) is 0 Å². The van der Waals surface area contributed by atoms with E-state index in [9.17, 15) is 8.42 Å². The van der Waals surface area contributed by atoms with Gasteiger partial charge in [0.15, 0.2) is 0 Å². The Hall–Kier alpha value is -0.170. The Kier molecular flexibility index (Phi) is 6.04. The molecule has 1 rings (SSSR count). The molecule has 1 fully saturated rings. The summed E-state index contributed by atoms with van der Waals surface area (Å²) in [7, 11) is -3.29. The van der Waals surface area contributed by atoms with Crippen molar-refractivity contribution in [3.05, 3.63) is 0 Å². The van der Waals surface area contributed by atoms with E-state index < -0.39 is 15.6 Å². The van der Waals surface area contributed by atoms with Crippen molar-refractivity contribution < 1.29 is 13.2 Å². The molecule has 1 saturated heterocycles. The summed E-state index contributed by atoms with van der Waals surface area (Å²) in [5.41, 5.74) is 5.63. The van der Waals surface area contributed by atoms with E-state index in [2.05, 4.69) is 4.72 Å². The molecule has 1 heterocycles. The van der Waals surface area contributed by atoms with E-state index in [1.54, 1.807) is 0 Å². The lowest BCUT2D eigenvalue weighted by molar-refractivity contribution is 0.0304. The highest BCUT2D eigenvalue weighted by Gasteiger charge is 2.26. The fourth-order valence-corrected chi connectivity index (χ4v) is 3.37. The van der Waals surface area contributed by atoms with Gasteiger partial charge in [0.1, 0.15) is 0 Å². The number of hydrogen-bond acceptors (Lipinski definition) is 4. The summed E-state index contributed by atoms with van der Waals surface area (Å²) in [6, 6.07) is 0. The minimum atomic E-state index is -3.29. The average Bonchev–Trinajstić information content (AvgIpc) is 2.37. The van der Waals surface area contributed by atoms with E-state index in [1.807, 2.05) is 13.8 Å². The van der Waals surface area contributed by atoms with Crippen LogP contribution in [0.1, 0.15) is 46.0 Å². The number of ether oxygens (including phenoxy) is 1. The van der Waals surface area contributed by atoms with Crippen LogP contribution in [0.25, 0.3) is 0 Å². The number of rotatable bonds is 7. The van der Waals surface area contributed by atoms with Crippen molar-refractivity contribution in [2.24, 2.45) is 5.73 Å². The maximum Gasteiger partial charge on any atom is 0.214 e. The molecule has 0 aliphatic carbocycles. The molecule has 108 valence electrons. The summed E-state index contributed by atoms with van der Waals surface area (Å²) in [5.74, 6) is 0.0521. The predicted molar refractivity (Wildman–Crippen MR) is 72.9 cm³/mol. The van der Waals surface area contributed by atoms with Crippen LogP contribution < -0.4 is 10.5 Å². The molecule has 1 aliphatic heterocycles. The van der Waals surface area contributed by atoms with Gasteiger partial charge in [0.2, 0.25) is 10.0 Å². The number of hydrogen-bond donors (Lipinski definition) is 2. The van der Waals surface area contributed by atoms with E-state index in [0.717, 1.165) is 32.1 Å². The van der Waals surface area contributed by atoms with E-state index in [1.165, 1.54) is 0 Å². The highest BCUT2D eigenvalue weighted by Crippen LogP contribution is 2.15. The van der Waals surface area contributed by atoms with Gasteiger partial charge in [-0.25, -0.2) is 13.1 Å². The zero-order valence-corrected chi connectivity index (χ0v) is 12.3. The van der Waals surface area contributed by atoms with Crippen LogP contribution in [0.5, 0.6) is 0 Å². The van der Waals surface area contributed by atoms with Crippen LogP contribution in [0.3, 0.4) is 0 Å². The molecule has 0 spiro atoms. The topological polar surface area (TPSA) is 81.4 Å². The smallest absolute Gasteiger partial charge is 0.214 e. The first kappa shape index (κ1) is 15.9. The molecular weight excluding hydrogens is 252 g/mol. The van der Waals surface area contributed by atoms with E-state index >= 15 is 0 Å². The third kappa shape index (κ3) is 5.22. The van der Waals surface area contributed by atoms with Crippen LogP contribution in [0.4, 0.5) is 0 Å². The van der Waals surface area contributed by atoms with E-state index in [4.69, 9.17) is 10.5 Å². The van der Waals surface area contributed by atoms with Crippen molar-refractivity contribution in [1.29, 1.82) is 0 Å². The lowest BCUT2D eigenvalue weighted by atomic mass is 9.95. The molecule has 0 aromatic rings. The first-order valence-corrected chi connectivity index (χ1v) is 8.44. The average molecular weight is 278 g/mol. The molecule has 3 N–H and O–H groups in total. The molecule has 6 heteroatoms. The Balaban J connectivity index is 2.44. The van der Waals surface area contributed by atoms with E-state index in [0.29, 0.717) is 13.2 Å². The monoisotopic (exact) mass is 278 g/mol. The summed E-state index contributed by atoms with van der Waals surface area (Å²) >= 11 is 0. The normalized spacial score (nSPS) is 22.1. The SMILES string of the molecule is CCC(N)(CC)CNS(=O)(=O)CC1CCCCO1.